The lowest BCUT2D eigenvalue weighted by Gasteiger charge is -2.03. The third kappa shape index (κ3) is 9.10. The molecule has 4 rings (SSSR count). The summed E-state index contributed by atoms with van der Waals surface area (Å²) in [5.41, 5.74) is 1.52. The SMILES string of the molecule is CCCCCCCCn1nnn(Cc2ccccc2)c1=N.O=S(=O)(O)c1ccc2ccc(S(=O)(=O)O)cc2c1. The van der Waals surface area contributed by atoms with Gasteiger partial charge < -0.3 is 0 Å². The molecule has 210 valence electrons. The Hall–Kier alpha value is -3.39. The van der Waals surface area contributed by atoms with Crippen molar-refractivity contribution < 1.29 is 25.9 Å². The van der Waals surface area contributed by atoms with Gasteiger partial charge in [0.15, 0.2) is 0 Å². The van der Waals surface area contributed by atoms with Crippen molar-refractivity contribution in [3.05, 3.63) is 77.9 Å². The minimum atomic E-state index is -4.35. The smallest absolute Gasteiger partial charge is 0.282 e. The molecule has 0 amide bonds. The molecule has 0 aliphatic rings. The van der Waals surface area contributed by atoms with Crippen LogP contribution in [0.4, 0.5) is 0 Å². The highest BCUT2D eigenvalue weighted by Gasteiger charge is 2.13. The summed E-state index contributed by atoms with van der Waals surface area (Å²) < 4.78 is 64.9. The number of hydrogen-bond donors (Lipinski definition) is 3. The molecule has 13 heteroatoms. The highest BCUT2D eigenvalue weighted by atomic mass is 32.2. The number of nitrogens with one attached hydrogen (secondary N) is 1. The Morgan fingerprint density at radius 1 is 0.718 bits per heavy atom. The van der Waals surface area contributed by atoms with E-state index in [0.717, 1.165) is 30.7 Å². The molecule has 0 bridgehead atoms. The van der Waals surface area contributed by atoms with Crippen molar-refractivity contribution in [2.75, 3.05) is 0 Å². The third-order valence-corrected chi connectivity index (χ3v) is 7.72. The number of aromatic nitrogens is 4. The van der Waals surface area contributed by atoms with Gasteiger partial charge in [-0.3, -0.25) is 14.5 Å². The van der Waals surface area contributed by atoms with Crippen LogP contribution in [-0.4, -0.2) is 45.7 Å². The molecule has 0 aliphatic heterocycles. The van der Waals surface area contributed by atoms with E-state index in [0.29, 0.717) is 17.5 Å². The molecule has 0 saturated carbocycles. The molecule has 0 unspecified atom stereocenters. The maximum atomic E-state index is 10.9. The lowest BCUT2D eigenvalue weighted by atomic mass is 10.1. The molecule has 0 fully saturated rings. The minimum Gasteiger partial charge on any atom is -0.282 e. The first-order chi connectivity index (χ1) is 18.5. The van der Waals surface area contributed by atoms with Crippen molar-refractivity contribution >= 4 is 31.0 Å². The number of aryl methyl sites for hydroxylation is 1. The first-order valence-corrected chi connectivity index (χ1v) is 15.4. The molecular formula is C26H33N5O6S2. The van der Waals surface area contributed by atoms with Gasteiger partial charge in [-0.05, 0) is 57.4 Å². The van der Waals surface area contributed by atoms with Gasteiger partial charge in [0.2, 0.25) is 5.62 Å². The van der Waals surface area contributed by atoms with E-state index in [2.05, 4.69) is 17.4 Å². The van der Waals surface area contributed by atoms with Crippen LogP contribution in [-0.2, 0) is 33.3 Å². The van der Waals surface area contributed by atoms with Crippen LogP contribution in [0, 0.1) is 5.41 Å². The Morgan fingerprint density at radius 3 is 1.82 bits per heavy atom. The Balaban J connectivity index is 0.000000218. The van der Waals surface area contributed by atoms with Gasteiger partial charge in [0.1, 0.15) is 0 Å². The number of fused-ring (bicyclic) bond motifs is 1. The van der Waals surface area contributed by atoms with Crippen LogP contribution in [0.15, 0.2) is 76.5 Å². The lowest BCUT2D eigenvalue weighted by molar-refractivity contribution is 0.481. The molecule has 0 saturated heterocycles. The Kier molecular flexibility index (Phi) is 10.5. The van der Waals surface area contributed by atoms with Crippen LogP contribution in [0.2, 0.25) is 0 Å². The van der Waals surface area contributed by atoms with Crippen molar-refractivity contribution in [2.24, 2.45) is 0 Å². The number of unbranched alkanes of at least 4 members (excludes halogenated alkanes) is 5. The maximum Gasteiger partial charge on any atom is 0.294 e. The number of hydrogen-bond acceptors (Lipinski definition) is 7. The number of nitrogens with zero attached hydrogens (tertiary/aromatic N) is 4. The van der Waals surface area contributed by atoms with E-state index in [4.69, 9.17) is 14.5 Å². The Labute approximate surface area is 228 Å². The van der Waals surface area contributed by atoms with E-state index in [-0.39, 0.29) is 15.2 Å². The average Bonchev–Trinajstić information content (AvgIpc) is 3.24. The molecule has 0 radical (unpaired) electrons. The zero-order valence-electron chi connectivity index (χ0n) is 21.6. The third-order valence-electron chi connectivity index (χ3n) is 6.02. The summed E-state index contributed by atoms with van der Waals surface area (Å²) in [5.74, 6) is 0. The van der Waals surface area contributed by atoms with Crippen molar-refractivity contribution in [3.63, 3.8) is 0 Å². The summed E-state index contributed by atoms with van der Waals surface area (Å²) in [4.78, 5) is -0.690. The second-order valence-electron chi connectivity index (χ2n) is 9.06. The standard InChI is InChI=1S/C16H25N5.C10H8O6S2/c1-2-3-4-5-6-10-13-20-16(17)21(19-18-20)14-15-11-8-7-9-12-15;11-17(12,13)9-3-1-7-2-4-10(18(14,15)16)6-8(7)5-9/h7-9,11-12,17H,2-6,10,13-14H2,1H3;1-6H,(H,11,12,13)(H,14,15,16). The number of rotatable bonds is 11. The largest absolute Gasteiger partial charge is 0.294 e. The van der Waals surface area contributed by atoms with Gasteiger partial charge in [0.05, 0.1) is 16.3 Å². The predicted molar refractivity (Wildman–Crippen MR) is 146 cm³/mol. The molecule has 11 nitrogen and oxygen atoms in total. The van der Waals surface area contributed by atoms with Crippen molar-refractivity contribution in [1.29, 1.82) is 5.41 Å². The van der Waals surface area contributed by atoms with E-state index in [1.54, 1.807) is 9.36 Å². The maximum absolute atomic E-state index is 10.9. The molecule has 1 aromatic heterocycles. The van der Waals surface area contributed by atoms with E-state index < -0.39 is 20.2 Å². The van der Waals surface area contributed by atoms with Crippen LogP contribution < -0.4 is 5.62 Å². The van der Waals surface area contributed by atoms with Crippen molar-refractivity contribution in [2.45, 2.75) is 68.3 Å². The van der Waals surface area contributed by atoms with Gasteiger partial charge in [-0.25, -0.2) is 9.36 Å². The zero-order chi connectivity index (χ0) is 28.5. The van der Waals surface area contributed by atoms with Crippen LogP contribution >= 0.6 is 0 Å². The summed E-state index contributed by atoms with van der Waals surface area (Å²) in [6.07, 6.45) is 7.47. The van der Waals surface area contributed by atoms with Crippen LogP contribution in [0.25, 0.3) is 10.8 Å². The normalized spacial score (nSPS) is 11.8. The number of benzene rings is 3. The van der Waals surface area contributed by atoms with Crippen LogP contribution in [0.5, 0.6) is 0 Å². The molecule has 1 heterocycles. The fourth-order valence-electron chi connectivity index (χ4n) is 3.89. The van der Waals surface area contributed by atoms with Gasteiger partial charge >= 0.3 is 0 Å². The van der Waals surface area contributed by atoms with Gasteiger partial charge in [0, 0.05) is 6.54 Å². The number of tetrazole rings is 1. The van der Waals surface area contributed by atoms with Crippen molar-refractivity contribution in [3.8, 4) is 0 Å². The summed E-state index contributed by atoms with van der Waals surface area (Å²) in [5, 5.41) is 17.1. The zero-order valence-corrected chi connectivity index (χ0v) is 23.3. The molecular weight excluding hydrogens is 542 g/mol. The van der Waals surface area contributed by atoms with E-state index in [9.17, 15) is 16.8 Å². The molecule has 3 N–H and O–H groups in total. The van der Waals surface area contributed by atoms with E-state index in [1.165, 1.54) is 56.4 Å². The minimum absolute atomic E-state index is 0.278. The van der Waals surface area contributed by atoms with Gasteiger partial charge in [0.25, 0.3) is 20.2 Å². The first-order valence-electron chi connectivity index (χ1n) is 12.6. The predicted octanol–water partition coefficient (Wildman–Crippen LogP) is 4.30. The topological polar surface area (TPSA) is 168 Å². The summed E-state index contributed by atoms with van der Waals surface area (Å²) in [6.45, 7) is 3.63. The Morgan fingerprint density at radius 2 is 1.26 bits per heavy atom. The first kappa shape index (κ1) is 30.2. The van der Waals surface area contributed by atoms with Crippen LogP contribution in [0.1, 0.15) is 51.0 Å². The van der Waals surface area contributed by atoms with Gasteiger partial charge in [-0.2, -0.15) is 16.8 Å². The highest BCUT2D eigenvalue weighted by molar-refractivity contribution is 7.86. The van der Waals surface area contributed by atoms with Gasteiger partial charge in [-0.1, -0.05) is 81.5 Å². The van der Waals surface area contributed by atoms with E-state index in [1.807, 2.05) is 30.3 Å². The van der Waals surface area contributed by atoms with E-state index >= 15 is 0 Å². The second kappa shape index (κ2) is 13.6. The lowest BCUT2D eigenvalue weighted by Crippen LogP contribution is -2.26. The summed E-state index contributed by atoms with van der Waals surface area (Å²) >= 11 is 0. The van der Waals surface area contributed by atoms with Crippen LogP contribution in [0.3, 0.4) is 0 Å². The fraction of sp³-hybridized carbons (Fsp3) is 0.346. The quantitative estimate of drug-likeness (QED) is 0.176. The molecule has 0 spiro atoms. The monoisotopic (exact) mass is 575 g/mol. The molecule has 3 aromatic carbocycles. The molecule has 4 aromatic rings. The molecule has 0 atom stereocenters. The molecule has 39 heavy (non-hydrogen) atoms. The Bertz CT molecular complexity index is 1580. The van der Waals surface area contributed by atoms with Gasteiger partial charge in [-0.15, -0.1) is 0 Å². The highest BCUT2D eigenvalue weighted by Crippen LogP contribution is 2.22. The fourth-order valence-corrected chi connectivity index (χ4v) is 4.93. The summed E-state index contributed by atoms with van der Waals surface area (Å²) in [7, 11) is -8.71. The second-order valence-corrected chi connectivity index (χ2v) is 11.9. The molecule has 0 aliphatic carbocycles. The average molecular weight is 576 g/mol. The van der Waals surface area contributed by atoms with Crippen molar-refractivity contribution in [1.82, 2.24) is 19.8 Å². The summed E-state index contributed by atoms with van der Waals surface area (Å²) in [6, 6.07) is 17.6.